The van der Waals surface area contributed by atoms with Gasteiger partial charge in [0.05, 0.1) is 16.1 Å². The van der Waals surface area contributed by atoms with Gasteiger partial charge in [0, 0.05) is 35.0 Å². The second-order valence-electron chi connectivity index (χ2n) is 6.72. The lowest BCUT2D eigenvalue weighted by molar-refractivity contribution is 0.628. The number of rotatable bonds is 5. The molecule has 0 saturated heterocycles. The molecule has 0 bridgehead atoms. The van der Waals surface area contributed by atoms with Crippen LogP contribution in [-0.2, 0) is 12.8 Å². The number of nitrogens with zero attached hydrogens (tertiary/aromatic N) is 3. The Hall–Kier alpha value is -2.03. The largest absolute Gasteiger partial charge is 0.290 e. The van der Waals surface area contributed by atoms with Gasteiger partial charge in [0.1, 0.15) is 10.6 Å². The Morgan fingerprint density at radius 1 is 1.14 bits per heavy atom. The number of hydrogen-bond acceptors (Lipinski definition) is 6. The fraction of sp³-hybridized carbons (Fsp3) is 0.250. The van der Waals surface area contributed by atoms with Gasteiger partial charge in [0.2, 0.25) is 0 Å². The minimum absolute atomic E-state index is 0.0887. The summed E-state index contributed by atoms with van der Waals surface area (Å²) in [5.41, 5.74) is 2.53. The second-order valence-corrected chi connectivity index (χ2v) is 9.41. The monoisotopic (exact) mass is 431 g/mol. The first-order valence-corrected chi connectivity index (χ1v) is 11.5. The zero-order valence-electron chi connectivity index (χ0n) is 15.6. The number of hydrogen-bond donors (Lipinski definition) is 0. The van der Waals surface area contributed by atoms with E-state index < -0.39 is 0 Å². The molecule has 0 N–H and O–H groups in total. The summed E-state index contributed by atoms with van der Waals surface area (Å²) >= 11 is 4.62. The molecule has 0 atom stereocenters. The van der Waals surface area contributed by atoms with Crippen molar-refractivity contribution in [2.75, 3.05) is 0 Å². The van der Waals surface area contributed by atoms with Gasteiger partial charge >= 0.3 is 0 Å². The first-order valence-electron chi connectivity index (χ1n) is 8.75. The molecular formula is C20H18FN3OS3. The average Bonchev–Trinajstić information content (AvgIpc) is 3.31. The van der Waals surface area contributed by atoms with Crippen molar-refractivity contribution in [2.45, 2.75) is 30.7 Å². The molecule has 0 aliphatic carbocycles. The first-order chi connectivity index (χ1) is 13.4. The molecule has 8 heteroatoms. The van der Waals surface area contributed by atoms with E-state index in [0.29, 0.717) is 27.0 Å². The molecule has 0 amide bonds. The smallest absolute Gasteiger partial charge is 0.263 e. The van der Waals surface area contributed by atoms with Gasteiger partial charge in [-0.05, 0) is 17.7 Å². The summed E-state index contributed by atoms with van der Waals surface area (Å²) < 4.78 is 14.8. The van der Waals surface area contributed by atoms with Gasteiger partial charge in [-0.25, -0.2) is 14.4 Å². The van der Waals surface area contributed by atoms with E-state index in [-0.39, 0.29) is 11.4 Å². The lowest BCUT2D eigenvalue weighted by Crippen LogP contribution is -2.19. The molecule has 0 aliphatic rings. The molecule has 1 aromatic carbocycles. The maximum atomic E-state index is 13.2. The van der Waals surface area contributed by atoms with Gasteiger partial charge in [-0.15, -0.1) is 22.7 Å². The molecule has 0 spiro atoms. The zero-order valence-corrected chi connectivity index (χ0v) is 18.1. The van der Waals surface area contributed by atoms with Gasteiger partial charge in [-0.1, -0.05) is 37.7 Å². The number of thiazole rings is 1. The standard InChI is InChI=1S/C20H18FN3OS3/c1-11(2)17-22-14(8-26-17)9-28-20-23-18-16(19(25)24(20)3)15(10-27-18)12-4-6-13(21)7-5-12/h4-8,10-11H,9H2,1-3H3. The van der Waals surface area contributed by atoms with Crippen LogP contribution in [-0.4, -0.2) is 14.5 Å². The normalized spacial score (nSPS) is 11.6. The molecule has 28 heavy (non-hydrogen) atoms. The SMILES string of the molecule is CC(C)c1nc(CSc2nc3scc(-c4ccc(F)cc4)c3c(=O)n2C)cs1. The molecule has 3 heterocycles. The fourth-order valence-corrected chi connectivity index (χ4v) is 5.61. The Bertz CT molecular complexity index is 1190. The van der Waals surface area contributed by atoms with Crippen LogP contribution in [0.15, 0.2) is 45.0 Å². The molecule has 4 aromatic rings. The Labute approximate surface area is 174 Å². The summed E-state index contributed by atoms with van der Waals surface area (Å²) in [7, 11) is 1.74. The third-order valence-electron chi connectivity index (χ3n) is 4.34. The Morgan fingerprint density at radius 2 is 1.89 bits per heavy atom. The fourth-order valence-electron chi connectivity index (χ4n) is 2.82. The Kier molecular flexibility index (Phi) is 5.35. The van der Waals surface area contributed by atoms with E-state index in [9.17, 15) is 9.18 Å². The number of halogens is 1. The van der Waals surface area contributed by atoms with Crippen molar-refractivity contribution in [1.82, 2.24) is 14.5 Å². The van der Waals surface area contributed by atoms with E-state index in [0.717, 1.165) is 21.8 Å². The second kappa shape index (κ2) is 7.77. The van der Waals surface area contributed by atoms with Gasteiger partial charge in [-0.2, -0.15) is 0 Å². The molecule has 3 aromatic heterocycles. The molecule has 4 nitrogen and oxygen atoms in total. The average molecular weight is 432 g/mol. The highest BCUT2D eigenvalue weighted by molar-refractivity contribution is 7.98. The zero-order chi connectivity index (χ0) is 19.8. The summed E-state index contributed by atoms with van der Waals surface area (Å²) in [6, 6.07) is 6.18. The van der Waals surface area contributed by atoms with Gasteiger partial charge in [-0.3, -0.25) is 9.36 Å². The number of aromatic nitrogens is 3. The van der Waals surface area contributed by atoms with Crippen molar-refractivity contribution in [1.29, 1.82) is 0 Å². The summed E-state index contributed by atoms with van der Waals surface area (Å²) in [6.07, 6.45) is 0. The van der Waals surface area contributed by atoms with Crippen molar-refractivity contribution in [3.05, 3.63) is 61.9 Å². The summed E-state index contributed by atoms with van der Waals surface area (Å²) in [4.78, 5) is 23.1. The number of thiophene rings is 1. The molecule has 0 aliphatic heterocycles. The first kappa shape index (κ1) is 19.3. The van der Waals surface area contributed by atoms with Crippen LogP contribution >= 0.6 is 34.4 Å². The summed E-state index contributed by atoms with van der Waals surface area (Å²) in [6.45, 7) is 4.26. The van der Waals surface area contributed by atoms with Crippen molar-refractivity contribution in [2.24, 2.45) is 7.05 Å². The van der Waals surface area contributed by atoms with Gasteiger partial charge in [0.25, 0.3) is 5.56 Å². The van der Waals surface area contributed by atoms with E-state index in [1.807, 2.05) is 5.38 Å². The van der Waals surface area contributed by atoms with Crippen LogP contribution < -0.4 is 5.56 Å². The molecule has 0 radical (unpaired) electrons. The van der Waals surface area contributed by atoms with Crippen molar-refractivity contribution in [3.8, 4) is 11.1 Å². The van der Waals surface area contributed by atoms with Crippen LogP contribution in [0.1, 0.15) is 30.5 Å². The van der Waals surface area contributed by atoms with Crippen molar-refractivity contribution >= 4 is 44.7 Å². The third kappa shape index (κ3) is 3.64. The Balaban J connectivity index is 1.66. The lowest BCUT2D eigenvalue weighted by Gasteiger charge is -2.07. The van der Waals surface area contributed by atoms with E-state index in [4.69, 9.17) is 4.98 Å². The van der Waals surface area contributed by atoms with E-state index in [1.54, 1.807) is 35.1 Å². The maximum Gasteiger partial charge on any atom is 0.263 e. The third-order valence-corrected chi connectivity index (χ3v) is 7.47. The highest BCUT2D eigenvalue weighted by Gasteiger charge is 2.16. The predicted octanol–water partition coefficient (Wildman–Crippen LogP) is 5.67. The van der Waals surface area contributed by atoms with Gasteiger partial charge in [0.15, 0.2) is 5.16 Å². The molecule has 144 valence electrons. The molecule has 4 rings (SSSR count). The van der Waals surface area contributed by atoms with Crippen LogP contribution in [0.3, 0.4) is 0 Å². The quantitative estimate of drug-likeness (QED) is 0.302. The highest BCUT2D eigenvalue weighted by Crippen LogP contribution is 2.32. The lowest BCUT2D eigenvalue weighted by atomic mass is 10.1. The van der Waals surface area contributed by atoms with Crippen LogP contribution in [0.25, 0.3) is 21.3 Å². The topological polar surface area (TPSA) is 47.8 Å². The minimum Gasteiger partial charge on any atom is -0.290 e. The summed E-state index contributed by atoms with van der Waals surface area (Å²) in [5.74, 6) is 0.791. The maximum absolute atomic E-state index is 13.2. The van der Waals surface area contributed by atoms with E-state index >= 15 is 0 Å². The van der Waals surface area contributed by atoms with Crippen LogP contribution in [0.2, 0.25) is 0 Å². The predicted molar refractivity (Wildman–Crippen MR) is 116 cm³/mol. The Morgan fingerprint density at radius 3 is 2.57 bits per heavy atom. The molecule has 0 unspecified atom stereocenters. The van der Waals surface area contributed by atoms with E-state index in [2.05, 4.69) is 24.2 Å². The van der Waals surface area contributed by atoms with Gasteiger partial charge < -0.3 is 0 Å². The number of thioether (sulfide) groups is 1. The van der Waals surface area contributed by atoms with E-state index in [1.165, 1.54) is 35.2 Å². The minimum atomic E-state index is -0.296. The number of benzene rings is 1. The highest BCUT2D eigenvalue weighted by atomic mass is 32.2. The summed E-state index contributed by atoms with van der Waals surface area (Å²) in [5, 5.41) is 6.35. The number of fused-ring (bicyclic) bond motifs is 1. The van der Waals surface area contributed by atoms with Crippen LogP contribution in [0, 0.1) is 5.82 Å². The molecule has 0 fully saturated rings. The van der Waals surface area contributed by atoms with Crippen LogP contribution in [0.4, 0.5) is 4.39 Å². The van der Waals surface area contributed by atoms with Crippen molar-refractivity contribution < 1.29 is 4.39 Å². The van der Waals surface area contributed by atoms with Crippen LogP contribution in [0.5, 0.6) is 0 Å². The molecule has 0 saturated carbocycles. The molecular weight excluding hydrogens is 413 g/mol. The van der Waals surface area contributed by atoms with Crippen molar-refractivity contribution in [3.63, 3.8) is 0 Å².